The van der Waals surface area contributed by atoms with Crippen molar-refractivity contribution in [1.29, 1.82) is 0 Å². The molecule has 0 aliphatic rings. The minimum atomic E-state index is -0.958. The zero-order valence-corrected chi connectivity index (χ0v) is 22.5. The van der Waals surface area contributed by atoms with Gasteiger partial charge in [0.2, 0.25) is 17.6 Å². The Morgan fingerprint density at radius 1 is 1.03 bits per heavy atom. The number of rotatable bonds is 10. The van der Waals surface area contributed by atoms with E-state index in [2.05, 4.69) is 30.8 Å². The number of nitrogens with zero attached hydrogens (tertiary/aromatic N) is 5. The van der Waals surface area contributed by atoms with Crippen LogP contribution in [0, 0.1) is 5.92 Å². The second kappa shape index (κ2) is 11.4. The van der Waals surface area contributed by atoms with Crippen molar-refractivity contribution in [2.75, 3.05) is 12.4 Å². The first-order valence-electron chi connectivity index (χ1n) is 12.6. The van der Waals surface area contributed by atoms with E-state index in [0.29, 0.717) is 17.1 Å². The summed E-state index contributed by atoms with van der Waals surface area (Å²) < 4.78 is 7.06. The summed E-state index contributed by atoms with van der Waals surface area (Å²) in [6, 6.07) is 13.6. The van der Waals surface area contributed by atoms with E-state index in [9.17, 15) is 14.4 Å². The molecule has 2 N–H and O–H groups in total. The maximum absolute atomic E-state index is 13.4. The van der Waals surface area contributed by atoms with Gasteiger partial charge in [0.1, 0.15) is 18.1 Å². The van der Waals surface area contributed by atoms with Gasteiger partial charge in [0, 0.05) is 18.8 Å². The Kier molecular flexibility index (Phi) is 7.99. The summed E-state index contributed by atoms with van der Waals surface area (Å²) in [7, 11) is 1.60. The number of ketones is 1. The largest absolute Gasteiger partial charge is 0.417 e. The van der Waals surface area contributed by atoms with Gasteiger partial charge in [-0.25, -0.2) is 4.98 Å². The topological polar surface area (TPSA) is 145 Å². The monoisotopic (exact) mass is 529 g/mol. The molecule has 0 unspecified atom stereocenters. The van der Waals surface area contributed by atoms with Crippen LogP contribution in [0.15, 0.2) is 70.1 Å². The Morgan fingerprint density at radius 3 is 2.38 bits per heavy atom. The van der Waals surface area contributed by atoms with Gasteiger partial charge in [0.25, 0.3) is 11.4 Å². The molecule has 39 heavy (non-hydrogen) atoms. The number of Topliss-reactive ketones (excluding diaryl/α,β-unsaturated/α-hetero) is 1. The first kappa shape index (κ1) is 27.4. The highest BCUT2D eigenvalue weighted by atomic mass is 16.4. The van der Waals surface area contributed by atoms with Gasteiger partial charge < -0.3 is 15.1 Å². The number of pyridine rings is 1. The Labute approximate surface area is 225 Å². The fourth-order valence-corrected chi connectivity index (χ4v) is 4.08. The van der Waals surface area contributed by atoms with Crippen molar-refractivity contribution < 1.29 is 14.0 Å². The number of hydrogen-bond acceptors (Lipinski definition) is 9. The van der Waals surface area contributed by atoms with Crippen molar-refractivity contribution >= 4 is 17.4 Å². The summed E-state index contributed by atoms with van der Waals surface area (Å²) in [4.78, 5) is 48.4. The quantitative estimate of drug-likeness (QED) is 0.296. The normalized spacial score (nSPS) is 12.3. The summed E-state index contributed by atoms with van der Waals surface area (Å²) in [6.07, 6.45) is 3.10. The Bertz CT molecular complexity index is 1510. The van der Waals surface area contributed by atoms with Gasteiger partial charge in [-0.2, -0.15) is 0 Å². The lowest BCUT2D eigenvalue weighted by atomic mass is 9.89. The fraction of sp³-hybridized carbons (Fsp3) is 0.321. The lowest BCUT2D eigenvalue weighted by molar-refractivity contribution is -0.122. The van der Waals surface area contributed by atoms with Crippen molar-refractivity contribution in [3.8, 4) is 11.4 Å². The Balaban J connectivity index is 1.57. The number of anilines is 1. The molecule has 0 aliphatic carbocycles. The standard InChI is InChI=1S/C28H31N7O4/c1-17(2)22(23(37)25-33-34-27(39-25)28(3,4)20-13-9-10-14-30-20)32-21(36)16-35-24(18-11-7-6-8-12-18)31-15-19(29-5)26(35)38/h6-15,17,22,29H,16H2,1-5H3,(H,32,36)/t22-/m1/s1. The molecule has 1 atom stereocenters. The summed E-state index contributed by atoms with van der Waals surface area (Å²) in [6.45, 7) is 6.98. The van der Waals surface area contributed by atoms with Crippen LogP contribution in [-0.4, -0.2) is 49.5 Å². The SMILES string of the molecule is CNc1cnc(-c2ccccc2)n(CC(=O)N[C@@H](C(=O)c2nnc(C(C)(C)c3ccccn3)o2)C(C)C)c1=O. The average molecular weight is 530 g/mol. The van der Waals surface area contributed by atoms with Crippen molar-refractivity contribution in [2.24, 2.45) is 5.92 Å². The molecule has 0 bridgehead atoms. The van der Waals surface area contributed by atoms with Crippen LogP contribution in [0.4, 0.5) is 5.69 Å². The molecule has 11 nitrogen and oxygen atoms in total. The highest BCUT2D eigenvalue weighted by Crippen LogP contribution is 2.29. The molecule has 11 heteroatoms. The molecule has 4 rings (SSSR count). The van der Waals surface area contributed by atoms with E-state index in [1.54, 1.807) is 45.3 Å². The highest BCUT2D eigenvalue weighted by Gasteiger charge is 2.35. The van der Waals surface area contributed by atoms with E-state index >= 15 is 0 Å². The first-order chi connectivity index (χ1) is 18.6. The van der Waals surface area contributed by atoms with Gasteiger partial charge in [-0.15, -0.1) is 10.2 Å². The fourth-order valence-electron chi connectivity index (χ4n) is 4.08. The molecular weight excluding hydrogens is 498 g/mol. The van der Waals surface area contributed by atoms with Gasteiger partial charge >= 0.3 is 0 Å². The van der Waals surface area contributed by atoms with E-state index in [0.717, 1.165) is 0 Å². The maximum Gasteiger partial charge on any atom is 0.286 e. The van der Waals surface area contributed by atoms with Gasteiger partial charge in [0.05, 0.1) is 23.3 Å². The molecule has 3 heterocycles. The number of benzene rings is 1. The van der Waals surface area contributed by atoms with E-state index in [1.807, 2.05) is 44.2 Å². The second-order valence-electron chi connectivity index (χ2n) is 9.91. The number of aromatic nitrogens is 5. The molecule has 0 radical (unpaired) electrons. The van der Waals surface area contributed by atoms with E-state index < -0.39 is 28.7 Å². The van der Waals surface area contributed by atoms with Crippen LogP contribution < -0.4 is 16.2 Å². The molecule has 0 spiro atoms. The summed E-state index contributed by atoms with van der Waals surface area (Å²) in [5.41, 5.74) is 0.484. The maximum atomic E-state index is 13.4. The van der Waals surface area contributed by atoms with E-state index in [1.165, 1.54) is 10.8 Å². The lowest BCUT2D eigenvalue weighted by Crippen LogP contribution is -2.46. The van der Waals surface area contributed by atoms with Crippen LogP contribution in [0.2, 0.25) is 0 Å². The molecular formula is C28H31N7O4. The van der Waals surface area contributed by atoms with Crippen molar-refractivity contribution in [3.63, 3.8) is 0 Å². The van der Waals surface area contributed by atoms with Crippen LogP contribution in [0.3, 0.4) is 0 Å². The lowest BCUT2D eigenvalue weighted by Gasteiger charge is -2.21. The van der Waals surface area contributed by atoms with Gasteiger partial charge in [-0.05, 0) is 31.9 Å². The zero-order valence-electron chi connectivity index (χ0n) is 22.5. The molecule has 1 aromatic carbocycles. The third-order valence-electron chi connectivity index (χ3n) is 6.39. The second-order valence-corrected chi connectivity index (χ2v) is 9.91. The number of carbonyl (C=O) groups is 2. The van der Waals surface area contributed by atoms with Gasteiger partial charge in [0.15, 0.2) is 0 Å². The molecule has 0 saturated heterocycles. The summed E-state index contributed by atoms with van der Waals surface area (Å²) in [5, 5.41) is 13.6. The number of amides is 1. The molecule has 0 aliphatic heterocycles. The first-order valence-corrected chi connectivity index (χ1v) is 12.6. The Morgan fingerprint density at radius 2 is 1.74 bits per heavy atom. The highest BCUT2D eigenvalue weighted by molar-refractivity contribution is 5.98. The van der Waals surface area contributed by atoms with Crippen LogP contribution in [-0.2, 0) is 16.8 Å². The molecule has 0 saturated carbocycles. The summed E-state index contributed by atoms with van der Waals surface area (Å²) >= 11 is 0. The molecule has 4 aromatic rings. The number of nitrogens with one attached hydrogen (secondary N) is 2. The van der Waals surface area contributed by atoms with E-state index in [-0.39, 0.29) is 29.9 Å². The Hall–Kier alpha value is -4.67. The van der Waals surface area contributed by atoms with E-state index in [4.69, 9.17) is 4.42 Å². The molecule has 1 amide bonds. The van der Waals surface area contributed by atoms with Crippen molar-refractivity contribution in [3.05, 3.63) is 88.8 Å². The molecule has 202 valence electrons. The smallest absolute Gasteiger partial charge is 0.286 e. The van der Waals surface area contributed by atoms with Crippen LogP contribution in [0.5, 0.6) is 0 Å². The van der Waals surface area contributed by atoms with Gasteiger partial charge in [-0.3, -0.25) is 23.9 Å². The van der Waals surface area contributed by atoms with Crippen molar-refractivity contribution in [2.45, 2.75) is 45.7 Å². The number of carbonyl (C=O) groups excluding carboxylic acids is 2. The summed E-state index contributed by atoms with van der Waals surface area (Å²) in [5.74, 6) is -1.01. The van der Waals surface area contributed by atoms with Crippen LogP contribution in [0.25, 0.3) is 11.4 Å². The molecule has 0 fully saturated rings. The minimum Gasteiger partial charge on any atom is -0.417 e. The van der Waals surface area contributed by atoms with Crippen LogP contribution >= 0.6 is 0 Å². The number of hydrogen-bond donors (Lipinski definition) is 2. The predicted octanol–water partition coefficient (Wildman–Crippen LogP) is 3.08. The third kappa shape index (κ3) is 5.77. The van der Waals surface area contributed by atoms with Crippen molar-refractivity contribution in [1.82, 2.24) is 30.0 Å². The van der Waals surface area contributed by atoms with Crippen LogP contribution in [0.1, 0.15) is 50.0 Å². The molecule has 3 aromatic heterocycles. The zero-order chi connectivity index (χ0) is 28.2. The van der Waals surface area contributed by atoms with Gasteiger partial charge in [-0.1, -0.05) is 50.2 Å². The average Bonchev–Trinajstić information content (AvgIpc) is 3.45. The minimum absolute atomic E-state index is 0.214. The predicted molar refractivity (Wildman–Crippen MR) is 145 cm³/mol. The third-order valence-corrected chi connectivity index (χ3v) is 6.39.